The molecule has 1 amide bonds. The van der Waals surface area contributed by atoms with E-state index in [1.165, 1.54) is 27.1 Å². The summed E-state index contributed by atoms with van der Waals surface area (Å²) in [6, 6.07) is 5.58. The maximum absolute atomic E-state index is 13.1. The summed E-state index contributed by atoms with van der Waals surface area (Å²) in [7, 11) is 0. The summed E-state index contributed by atoms with van der Waals surface area (Å²) < 4.78 is 4.23. The van der Waals surface area contributed by atoms with Gasteiger partial charge in [0.2, 0.25) is 0 Å². The fourth-order valence-corrected chi connectivity index (χ4v) is 7.70. The molecule has 2 aliphatic rings. The maximum atomic E-state index is 13.1. The first-order valence-electron chi connectivity index (χ1n) is 9.65. The molecule has 2 aromatic rings. The van der Waals surface area contributed by atoms with Gasteiger partial charge in [-0.1, -0.05) is 0 Å². The fraction of sp³-hybridized carbons (Fsp3) is 0.333. The van der Waals surface area contributed by atoms with E-state index < -0.39 is 15.0 Å². The topological polar surface area (TPSA) is 46.9 Å². The van der Waals surface area contributed by atoms with E-state index in [-0.39, 0.29) is 11.9 Å². The molecule has 1 aromatic carbocycles. The Labute approximate surface area is 195 Å². The average molecular weight is 562 g/mol. The first-order valence-corrected chi connectivity index (χ1v) is 13.3. The van der Waals surface area contributed by atoms with Crippen LogP contribution in [0.3, 0.4) is 0 Å². The summed E-state index contributed by atoms with van der Waals surface area (Å²) in [5, 5.41) is 8.99. The van der Waals surface area contributed by atoms with Crippen LogP contribution in [0.15, 0.2) is 33.7 Å². The summed E-state index contributed by atoms with van der Waals surface area (Å²) in [6.45, 7) is 1.97. The molecular formula is C21H22BrCl2N3OSe. The van der Waals surface area contributed by atoms with Gasteiger partial charge in [-0.25, -0.2) is 0 Å². The van der Waals surface area contributed by atoms with Crippen LogP contribution in [-0.4, -0.2) is 36.7 Å². The molecular weight excluding hydrogens is 540 g/mol. The van der Waals surface area contributed by atoms with Gasteiger partial charge in [0.15, 0.2) is 0 Å². The van der Waals surface area contributed by atoms with E-state index in [1.54, 1.807) is 16.8 Å². The van der Waals surface area contributed by atoms with Crippen LogP contribution in [0, 0.1) is 6.92 Å². The minimum atomic E-state index is -0.504. The molecule has 0 atom stereocenters. The molecule has 1 aliphatic carbocycles. The van der Waals surface area contributed by atoms with Crippen LogP contribution in [0.2, 0.25) is 10.0 Å². The number of carbonyl (C=O) groups is 1. The first kappa shape index (κ1) is 21.2. The van der Waals surface area contributed by atoms with Crippen molar-refractivity contribution in [3.8, 4) is 5.69 Å². The summed E-state index contributed by atoms with van der Waals surface area (Å²) in [6.07, 6.45) is 9.85. The summed E-state index contributed by atoms with van der Waals surface area (Å²) in [4.78, 5) is 13.1. The monoisotopic (exact) mass is 561 g/mol. The van der Waals surface area contributed by atoms with Crippen LogP contribution in [0.1, 0.15) is 53.8 Å². The van der Waals surface area contributed by atoms with Crippen molar-refractivity contribution in [2.45, 2.75) is 45.1 Å². The zero-order chi connectivity index (χ0) is 20.5. The number of rotatable bonds is 4. The van der Waals surface area contributed by atoms with Crippen LogP contribution in [0.4, 0.5) is 0 Å². The minimum absolute atomic E-state index is 0.106. The van der Waals surface area contributed by atoms with Crippen molar-refractivity contribution in [2.24, 2.45) is 0 Å². The molecule has 154 valence electrons. The predicted octanol–water partition coefficient (Wildman–Crippen LogP) is 5.31. The molecule has 0 saturated heterocycles. The molecule has 1 saturated carbocycles. The number of nitrogens with zero attached hydrogens (tertiary/aromatic N) is 2. The Kier molecular flexibility index (Phi) is 6.57. The molecule has 1 aromatic heterocycles. The molecule has 0 unspecified atom stereocenters. The van der Waals surface area contributed by atoms with Gasteiger partial charge in [0.25, 0.3) is 0 Å². The van der Waals surface area contributed by atoms with Crippen molar-refractivity contribution in [3.63, 3.8) is 0 Å². The third kappa shape index (κ3) is 4.52. The summed E-state index contributed by atoms with van der Waals surface area (Å²) >= 11 is 15.7. The molecule has 1 N–H and O–H groups in total. The van der Waals surface area contributed by atoms with Crippen molar-refractivity contribution in [1.29, 1.82) is 0 Å². The molecule has 1 aliphatic heterocycles. The Bertz CT molecular complexity index is 1030. The van der Waals surface area contributed by atoms with E-state index in [1.807, 2.05) is 13.0 Å². The van der Waals surface area contributed by atoms with Gasteiger partial charge in [-0.05, 0) is 0 Å². The molecule has 29 heavy (non-hydrogen) atoms. The summed E-state index contributed by atoms with van der Waals surface area (Å²) in [5.74, 6) is -0.106. The zero-order valence-electron chi connectivity index (χ0n) is 15.9. The second-order valence-corrected chi connectivity index (χ2v) is 13.4. The quantitative estimate of drug-likeness (QED) is 0.514. The normalized spacial score (nSPS) is 18.6. The Morgan fingerprint density at radius 3 is 2.66 bits per heavy atom. The van der Waals surface area contributed by atoms with E-state index in [9.17, 15) is 4.79 Å². The van der Waals surface area contributed by atoms with Crippen LogP contribution < -0.4 is 5.32 Å². The van der Waals surface area contributed by atoms with Crippen molar-refractivity contribution in [2.75, 3.05) is 0 Å². The number of benzene rings is 1. The first-order chi connectivity index (χ1) is 13.9. The Hall–Kier alpha value is -1.04. The molecule has 8 heteroatoms. The van der Waals surface area contributed by atoms with Crippen molar-refractivity contribution in [3.05, 3.63) is 60.7 Å². The number of hydrogen-bond acceptors (Lipinski definition) is 2. The van der Waals surface area contributed by atoms with Crippen molar-refractivity contribution < 1.29 is 4.79 Å². The zero-order valence-corrected chi connectivity index (χ0v) is 21.1. The predicted molar refractivity (Wildman–Crippen MR) is 126 cm³/mol. The van der Waals surface area contributed by atoms with E-state index in [0.29, 0.717) is 15.7 Å². The molecule has 4 rings (SSSR count). The number of allylic oxidation sites excluding steroid dienone is 2. The van der Waals surface area contributed by atoms with Gasteiger partial charge >= 0.3 is 196 Å². The summed E-state index contributed by atoms with van der Waals surface area (Å²) in [5.41, 5.74) is 3.03. The second kappa shape index (κ2) is 8.99. The SMILES string of the molecule is Cc1c(C(=O)NC2CCCCC2)nn(-c2ccc(Cl)cc2Cl)c1C1=CC=C(Br)[SeH2]1. The van der Waals surface area contributed by atoms with Gasteiger partial charge in [-0.15, -0.1) is 0 Å². The number of nitrogens with one attached hydrogen (secondary N) is 1. The van der Waals surface area contributed by atoms with Crippen molar-refractivity contribution >= 4 is 64.5 Å². The van der Waals surface area contributed by atoms with E-state index in [0.717, 1.165) is 29.8 Å². The number of hydrogen-bond donors (Lipinski definition) is 1. The second-order valence-electron chi connectivity index (χ2n) is 7.36. The number of carbonyl (C=O) groups excluding carboxylic acids is 1. The van der Waals surface area contributed by atoms with Crippen LogP contribution >= 0.6 is 39.1 Å². The number of amides is 1. The van der Waals surface area contributed by atoms with Gasteiger partial charge in [0.05, 0.1) is 0 Å². The van der Waals surface area contributed by atoms with E-state index in [4.69, 9.17) is 28.3 Å². The third-order valence-electron chi connectivity index (χ3n) is 5.32. The van der Waals surface area contributed by atoms with Gasteiger partial charge in [-0.2, -0.15) is 0 Å². The molecule has 2 heterocycles. The van der Waals surface area contributed by atoms with E-state index in [2.05, 4.69) is 33.4 Å². The molecule has 0 spiro atoms. The Morgan fingerprint density at radius 2 is 2.00 bits per heavy atom. The molecule has 0 radical (unpaired) electrons. The molecule has 1 fully saturated rings. The standard InChI is InChI=1S/C21H22BrCl2N3OSe/c1-12-19(21(28)25-14-5-3-2-4-6-14)26-27(16-8-7-13(23)11-15(16)24)20(12)17-9-10-18(22)29-17/h7-11,14H,2-6,29H2,1H3,(H,25,28). The van der Waals surface area contributed by atoms with Crippen LogP contribution in [0.25, 0.3) is 10.2 Å². The van der Waals surface area contributed by atoms with Gasteiger partial charge in [0, 0.05) is 0 Å². The van der Waals surface area contributed by atoms with E-state index >= 15 is 0 Å². The van der Waals surface area contributed by atoms with Gasteiger partial charge in [0.1, 0.15) is 0 Å². The molecule has 4 nitrogen and oxygen atoms in total. The van der Waals surface area contributed by atoms with Crippen molar-refractivity contribution in [1.82, 2.24) is 15.1 Å². The Balaban J connectivity index is 1.75. The average Bonchev–Trinajstić information content (AvgIpc) is 3.25. The van der Waals surface area contributed by atoms with Gasteiger partial charge < -0.3 is 0 Å². The third-order valence-corrected chi connectivity index (χ3v) is 9.42. The molecule has 0 bridgehead atoms. The number of halogens is 3. The van der Waals surface area contributed by atoms with Crippen LogP contribution in [-0.2, 0) is 0 Å². The number of aromatic nitrogens is 2. The Morgan fingerprint density at radius 1 is 1.24 bits per heavy atom. The van der Waals surface area contributed by atoms with Gasteiger partial charge in [-0.3, -0.25) is 0 Å². The van der Waals surface area contributed by atoms with Crippen LogP contribution in [0.5, 0.6) is 0 Å². The fourth-order valence-electron chi connectivity index (χ4n) is 3.86.